The second-order valence-corrected chi connectivity index (χ2v) is 6.60. The first-order chi connectivity index (χ1) is 8.63. The van der Waals surface area contributed by atoms with E-state index in [1.165, 1.54) is 11.5 Å². The van der Waals surface area contributed by atoms with Gasteiger partial charge in [0, 0.05) is 35.6 Å². The van der Waals surface area contributed by atoms with E-state index in [9.17, 15) is 9.59 Å². The third-order valence-corrected chi connectivity index (χ3v) is 5.35. The van der Waals surface area contributed by atoms with Crippen LogP contribution in [-0.2, 0) is 4.79 Å². The van der Waals surface area contributed by atoms with Crippen molar-refractivity contribution in [3.8, 4) is 0 Å². The van der Waals surface area contributed by atoms with Gasteiger partial charge in [-0.3, -0.25) is 10.1 Å². The summed E-state index contributed by atoms with van der Waals surface area (Å²) in [5.74, 6) is 3.24. The molecule has 18 heavy (non-hydrogen) atoms. The van der Waals surface area contributed by atoms with E-state index in [0.717, 1.165) is 12.3 Å². The standard InChI is InChI=1S/C11H21N3O2S2/c1-3-12-11(16)14-10(15)8(2)13-6-9-7-17-4-5-18-9/h8-9,13H,3-7H2,1-2H3,(H2,12,14,15,16). The fourth-order valence-electron chi connectivity index (χ4n) is 1.48. The first kappa shape index (κ1) is 15.7. The van der Waals surface area contributed by atoms with Gasteiger partial charge in [-0.2, -0.15) is 23.5 Å². The van der Waals surface area contributed by atoms with Gasteiger partial charge in [-0.1, -0.05) is 0 Å². The van der Waals surface area contributed by atoms with Crippen LogP contribution in [0, 0.1) is 0 Å². The Labute approximate surface area is 117 Å². The van der Waals surface area contributed by atoms with E-state index in [2.05, 4.69) is 16.0 Å². The highest BCUT2D eigenvalue weighted by molar-refractivity contribution is 8.06. The number of nitrogens with one attached hydrogen (secondary N) is 3. The number of hydrogen-bond acceptors (Lipinski definition) is 5. The molecule has 0 aromatic heterocycles. The molecule has 1 aliphatic heterocycles. The number of carbonyl (C=O) groups is 2. The Morgan fingerprint density at radius 1 is 1.39 bits per heavy atom. The summed E-state index contributed by atoms with van der Waals surface area (Å²) in [6.07, 6.45) is 0. The predicted octanol–water partition coefficient (Wildman–Crippen LogP) is 0.659. The molecule has 0 radical (unpaired) electrons. The molecule has 0 bridgehead atoms. The summed E-state index contributed by atoms with van der Waals surface area (Å²) in [6, 6.07) is -0.779. The molecule has 2 atom stereocenters. The zero-order valence-corrected chi connectivity index (χ0v) is 12.5. The van der Waals surface area contributed by atoms with Gasteiger partial charge in [0.2, 0.25) is 5.91 Å². The van der Waals surface area contributed by atoms with Gasteiger partial charge < -0.3 is 10.6 Å². The maximum absolute atomic E-state index is 11.7. The first-order valence-corrected chi connectivity index (χ1v) is 8.35. The summed E-state index contributed by atoms with van der Waals surface area (Å²) in [7, 11) is 0. The SMILES string of the molecule is CCNC(=O)NC(=O)C(C)NCC1CSCCS1. The molecule has 0 aromatic carbocycles. The molecular weight excluding hydrogens is 270 g/mol. The van der Waals surface area contributed by atoms with Gasteiger partial charge in [-0.15, -0.1) is 0 Å². The largest absolute Gasteiger partial charge is 0.338 e. The highest BCUT2D eigenvalue weighted by Gasteiger charge is 2.18. The molecule has 2 unspecified atom stereocenters. The van der Waals surface area contributed by atoms with Crippen LogP contribution in [0.1, 0.15) is 13.8 Å². The summed E-state index contributed by atoms with van der Waals surface area (Å²) in [5, 5.41) is 8.57. The minimum absolute atomic E-state index is 0.283. The van der Waals surface area contributed by atoms with Crippen molar-refractivity contribution in [3.05, 3.63) is 0 Å². The molecular formula is C11H21N3O2S2. The van der Waals surface area contributed by atoms with Crippen LogP contribution < -0.4 is 16.0 Å². The molecule has 3 N–H and O–H groups in total. The molecule has 1 fully saturated rings. The minimum atomic E-state index is -0.432. The van der Waals surface area contributed by atoms with Crippen LogP contribution in [0.2, 0.25) is 0 Å². The van der Waals surface area contributed by atoms with Crippen molar-refractivity contribution in [2.24, 2.45) is 0 Å². The van der Waals surface area contributed by atoms with Crippen LogP contribution in [0.15, 0.2) is 0 Å². The molecule has 1 heterocycles. The van der Waals surface area contributed by atoms with Gasteiger partial charge in [0.1, 0.15) is 0 Å². The first-order valence-electron chi connectivity index (χ1n) is 6.15. The van der Waals surface area contributed by atoms with Crippen molar-refractivity contribution in [1.29, 1.82) is 0 Å². The van der Waals surface area contributed by atoms with Crippen LogP contribution >= 0.6 is 23.5 Å². The van der Waals surface area contributed by atoms with Crippen molar-refractivity contribution in [2.75, 3.05) is 30.3 Å². The Hall–Kier alpha value is -0.400. The van der Waals surface area contributed by atoms with Gasteiger partial charge in [0.15, 0.2) is 0 Å². The van der Waals surface area contributed by atoms with Crippen LogP contribution in [0.3, 0.4) is 0 Å². The minimum Gasteiger partial charge on any atom is -0.338 e. The molecule has 3 amide bonds. The van der Waals surface area contributed by atoms with Crippen LogP contribution in [-0.4, -0.2) is 53.6 Å². The van der Waals surface area contributed by atoms with E-state index in [1.807, 2.05) is 30.4 Å². The Morgan fingerprint density at radius 3 is 2.78 bits per heavy atom. The van der Waals surface area contributed by atoms with E-state index in [-0.39, 0.29) is 11.9 Å². The highest BCUT2D eigenvalue weighted by Crippen LogP contribution is 2.23. The van der Waals surface area contributed by atoms with Crippen molar-refractivity contribution in [1.82, 2.24) is 16.0 Å². The Morgan fingerprint density at radius 2 is 2.17 bits per heavy atom. The highest BCUT2D eigenvalue weighted by atomic mass is 32.2. The monoisotopic (exact) mass is 291 g/mol. The molecule has 0 saturated carbocycles. The molecule has 0 aromatic rings. The number of imide groups is 1. The molecule has 7 heteroatoms. The average Bonchev–Trinajstić information content (AvgIpc) is 2.37. The van der Waals surface area contributed by atoms with Crippen LogP contribution in [0.5, 0.6) is 0 Å². The fraction of sp³-hybridized carbons (Fsp3) is 0.818. The topological polar surface area (TPSA) is 70.2 Å². The van der Waals surface area contributed by atoms with Crippen molar-refractivity contribution in [3.63, 3.8) is 0 Å². The lowest BCUT2D eigenvalue weighted by Crippen LogP contribution is -2.49. The smallest absolute Gasteiger partial charge is 0.321 e. The number of urea groups is 1. The summed E-state index contributed by atoms with van der Waals surface area (Å²) >= 11 is 3.90. The van der Waals surface area contributed by atoms with E-state index in [0.29, 0.717) is 11.8 Å². The van der Waals surface area contributed by atoms with Crippen molar-refractivity contribution in [2.45, 2.75) is 25.1 Å². The predicted molar refractivity (Wildman–Crippen MR) is 78.3 cm³/mol. The summed E-state index contributed by atoms with van der Waals surface area (Å²) < 4.78 is 0. The van der Waals surface area contributed by atoms with Gasteiger partial charge in [-0.25, -0.2) is 4.79 Å². The van der Waals surface area contributed by atoms with Gasteiger partial charge in [0.25, 0.3) is 0 Å². The quantitative estimate of drug-likeness (QED) is 0.694. The Kier molecular flexibility index (Phi) is 7.53. The second kappa shape index (κ2) is 8.66. The maximum Gasteiger partial charge on any atom is 0.321 e. The number of thioether (sulfide) groups is 2. The van der Waals surface area contributed by atoms with E-state index < -0.39 is 6.03 Å². The molecule has 1 saturated heterocycles. The van der Waals surface area contributed by atoms with Crippen LogP contribution in [0.25, 0.3) is 0 Å². The molecule has 5 nitrogen and oxygen atoms in total. The van der Waals surface area contributed by atoms with Gasteiger partial charge in [-0.05, 0) is 13.8 Å². The average molecular weight is 291 g/mol. The molecule has 0 aliphatic carbocycles. The number of amides is 3. The molecule has 1 aliphatic rings. The number of rotatable bonds is 5. The van der Waals surface area contributed by atoms with Crippen LogP contribution in [0.4, 0.5) is 4.79 Å². The Bertz CT molecular complexity index is 283. The van der Waals surface area contributed by atoms with E-state index >= 15 is 0 Å². The maximum atomic E-state index is 11.7. The van der Waals surface area contributed by atoms with Crippen molar-refractivity contribution < 1.29 is 9.59 Å². The third kappa shape index (κ3) is 5.97. The number of carbonyl (C=O) groups excluding carboxylic acids is 2. The third-order valence-electron chi connectivity index (χ3n) is 2.50. The van der Waals surface area contributed by atoms with E-state index in [1.54, 1.807) is 6.92 Å². The number of hydrogen-bond donors (Lipinski definition) is 3. The molecule has 104 valence electrons. The van der Waals surface area contributed by atoms with E-state index in [4.69, 9.17) is 0 Å². The lowest BCUT2D eigenvalue weighted by molar-refractivity contribution is -0.121. The zero-order valence-electron chi connectivity index (χ0n) is 10.8. The summed E-state index contributed by atoms with van der Waals surface area (Å²) in [4.78, 5) is 22.8. The zero-order chi connectivity index (χ0) is 13.4. The molecule has 0 spiro atoms. The Balaban J connectivity index is 2.20. The van der Waals surface area contributed by atoms with Crippen molar-refractivity contribution >= 4 is 35.5 Å². The van der Waals surface area contributed by atoms with Gasteiger partial charge in [0.05, 0.1) is 6.04 Å². The normalized spacial score (nSPS) is 21.1. The van der Waals surface area contributed by atoms with Gasteiger partial charge >= 0.3 is 6.03 Å². The summed E-state index contributed by atoms with van der Waals surface area (Å²) in [5.41, 5.74) is 0. The lowest BCUT2D eigenvalue weighted by Gasteiger charge is -2.23. The second-order valence-electron chi connectivity index (χ2n) is 4.05. The summed E-state index contributed by atoms with van der Waals surface area (Å²) in [6.45, 7) is 4.90. The fourth-order valence-corrected chi connectivity index (χ4v) is 4.10. The lowest BCUT2D eigenvalue weighted by atomic mass is 10.3. The molecule has 1 rings (SSSR count).